The Morgan fingerprint density at radius 2 is 2.26 bits per heavy atom. The van der Waals surface area contributed by atoms with Crippen molar-refractivity contribution in [2.45, 2.75) is 45.2 Å². The molecule has 0 radical (unpaired) electrons. The Labute approximate surface area is 122 Å². The Bertz CT molecular complexity index is 394. The van der Waals surface area contributed by atoms with Gasteiger partial charge < -0.3 is 10.2 Å². The molecule has 3 heteroatoms. The molecule has 0 aromatic heterocycles. The Morgan fingerprint density at radius 3 is 2.95 bits per heavy atom. The molecule has 1 saturated heterocycles. The molecule has 0 saturated carbocycles. The molecule has 1 aliphatic rings. The van der Waals surface area contributed by atoms with Crippen LogP contribution in [0.4, 0.5) is 0 Å². The monoisotopic (exact) mass is 280 g/mol. The average molecular weight is 281 g/mol. The SMILES string of the molecule is CCC(NC1CCCN(CC)C1)c1cccc(Cl)c1. The van der Waals surface area contributed by atoms with Gasteiger partial charge in [-0.05, 0) is 50.0 Å². The van der Waals surface area contributed by atoms with E-state index in [0.29, 0.717) is 12.1 Å². The summed E-state index contributed by atoms with van der Waals surface area (Å²) in [7, 11) is 0. The zero-order valence-electron chi connectivity index (χ0n) is 12.0. The van der Waals surface area contributed by atoms with Crippen LogP contribution in [0.5, 0.6) is 0 Å². The van der Waals surface area contributed by atoms with Crippen molar-refractivity contribution < 1.29 is 0 Å². The molecular formula is C16H25ClN2. The molecule has 1 heterocycles. The van der Waals surface area contributed by atoms with Crippen molar-refractivity contribution >= 4 is 11.6 Å². The fourth-order valence-corrected chi connectivity index (χ4v) is 3.14. The Hall–Kier alpha value is -0.570. The minimum absolute atomic E-state index is 0.417. The minimum Gasteiger partial charge on any atom is -0.306 e. The standard InChI is InChI=1S/C16H25ClN2/c1-3-16(13-7-5-8-14(17)11-13)18-15-9-6-10-19(4-2)12-15/h5,7-8,11,15-16,18H,3-4,6,9-10,12H2,1-2H3. The zero-order valence-corrected chi connectivity index (χ0v) is 12.8. The third kappa shape index (κ3) is 4.20. The highest BCUT2D eigenvalue weighted by atomic mass is 35.5. The van der Waals surface area contributed by atoms with Crippen molar-refractivity contribution in [1.82, 2.24) is 10.2 Å². The van der Waals surface area contributed by atoms with Crippen LogP contribution < -0.4 is 5.32 Å². The van der Waals surface area contributed by atoms with Gasteiger partial charge in [-0.3, -0.25) is 0 Å². The second-order valence-corrected chi connectivity index (χ2v) is 5.85. The van der Waals surface area contributed by atoms with Gasteiger partial charge in [0.15, 0.2) is 0 Å². The smallest absolute Gasteiger partial charge is 0.0409 e. The van der Waals surface area contributed by atoms with Gasteiger partial charge in [0.05, 0.1) is 0 Å². The van der Waals surface area contributed by atoms with E-state index in [1.807, 2.05) is 12.1 Å². The predicted octanol–water partition coefficient (Wildman–Crippen LogP) is 3.87. The lowest BCUT2D eigenvalue weighted by atomic mass is 10.00. The molecule has 1 aromatic carbocycles. The summed E-state index contributed by atoms with van der Waals surface area (Å²) in [6.07, 6.45) is 3.69. The van der Waals surface area contributed by atoms with Crippen LogP contribution in [0.25, 0.3) is 0 Å². The van der Waals surface area contributed by atoms with Gasteiger partial charge in [0.25, 0.3) is 0 Å². The highest BCUT2D eigenvalue weighted by Crippen LogP contribution is 2.22. The number of hydrogen-bond donors (Lipinski definition) is 1. The van der Waals surface area contributed by atoms with Gasteiger partial charge in [-0.15, -0.1) is 0 Å². The number of rotatable bonds is 5. The molecule has 1 aromatic rings. The largest absolute Gasteiger partial charge is 0.306 e. The van der Waals surface area contributed by atoms with Crippen LogP contribution >= 0.6 is 11.6 Å². The van der Waals surface area contributed by atoms with Gasteiger partial charge in [0.1, 0.15) is 0 Å². The molecular weight excluding hydrogens is 256 g/mol. The van der Waals surface area contributed by atoms with Gasteiger partial charge in [-0.1, -0.05) is 37.6 Å². The van der Waals surface area contributed by atoms with Gasteiger partial charge in [-0.25, -0.2) is 0 Å². The van der Waals surface area contributed by atoms with E-state index in [-0.39, 0.29) is 0 Å². The van der Waals surface area contributed by atoms with Gasteiger partial charge in [0.2, 0.25) is 0 Å². The Balaban J connectivity index is 1.99. The molecule has 1 N–H and O–H groups in total. The third-order valence-electron chi connectivity index (χ3n) is 4.05. The lowest BCUT2D eigenvalue weighted by Crippen LogP contribution is -2.46. The zero-order chi connectivity index (χ0) is 13.7. The van der Waals surface area contributed by atoms with E-state index in [4.69, 9.17) is 11.6 Å². The summed E-state index contributed by atoms with van der Waals surface area (Å²) >= 11 is 6.10. The van der Waals surface area contributed by atoms with Crippen LogP contribution in [0.3, 0.4) is 0 Å². The van der Waals surface area contributed by atoms with E-state index >= 15 is 0 Å². The van der Waals surface area contributed by atoms with Crippen LogP contribution in [-0.2, 0) is 0 Å². The summed E-state index contributed by atoms with van der Waals surface area (Å²) in [5.41, 5.74) is 1.31. The van der Waals surface area contributed by atoms with Crippen LogP contribution in [0.15, 0.2) is 24.3 Å². The maximum Gasteiger partial charge on any atom is 0.0409 e. The maximum absolute atomic E-state index is 6.10. The quantitative estimate of drug-likeness (QED) is 0.881. The molecule has 0 aliphatic carbocycles. The number of likely N-dealkylation sites (tertiary alicyclic amines) is 1. The summed E-state index contributed by atoms with van der Waals surface area (Å²) in [5, 5.41) is 4.64. The van der Waals surface area contributed by atoms with E-state index in [9.17, 15) is 0 Å². The number of piperidine rings is 1. The average Bonchev–Trinajstić information content (AvgIpc) is 2.45. The van der Waals surface area contributed by atoms with Crippen molar-refractivity contribution in [2.75, 3.05) is 19.6 Å². The fraction of sp³-hybridized carbons (Fsp3) is 0.625. The Kier molecular flexibility index (Phi) is 5.68. The molecule has 2 unspecified atom stereocenters. The molecule has 19 heavy (non-hydrogen) atoms. The van der Waals surface area contributed by atoms with Crippen LogP contribution in [0.2, 0.25) is 5.02 Å². The van der Waals surface area contributed by atoms with Gasteiger partial charge in [-0.2, -0.15) is 0 Å². The number of likely N-dealkylation sites (N-methyl/N-ethyl adjacent to an activating group) is 1. The predicted molar refractivity (Wildman–Crippen MR) is 82.8 cm³/mol. The lowest BCUT2D eigenvalue weighted by Gasteiger charge is -2.34. The number of hydrogen-bond acceptors (Lipinski definition) is 2. The van der Waals surface area contributed by atoms with Crippen LogP contribution in [0.1, 0.15) is 44.7 Å². The van der Waals surface area contributed by atoms with Gasteiger partial charge >= 0.3 is 0 Å². The molecule has 2 rings (SSSR count). The first-order valence-corrected chi connectivity index (χ1v) is 7.84. The first-order valence-electron chi connectivity index (χ1n) is 7.46. The molecule has 1 aliphatic heterocycles. The van der Waals surface area contributed by atoms with Crippen molar-refractivity contribution in [3.8, 4) is 0 Å². The number of benzene rings is 1. The summed E-state index contributed by atoms with van der Waals surface area (Å²) < 4.78 is 0. The van der Waals surface area contributed by atoms with Gasteiger partial charge in [0, 0.05) is 23.7 Å². The first-order chi connectivity index (χ1) is 9.22. The van der Waals surface area contributed by atoms with E-state index in [0.717, 1.165) is 18.0 Å². The second-order valence-electron chi connectivity index (χ2n) is 5.41. The molecule has 106 valence electrons. The molecule has 1 fully saturated rings. The van der Waals surface area contributed by atoms with Crippen molar-refractivity contribution in [3.63, 3.8) is 0 Å². The van der Waals surface area contributed by atoms with Crippen molar-refractivity contribution in [1.29, 1.82) is 0 Å². The second kappa shape index (κ2) is 7.28. The highest BCUT2D eigenvalue weighted by Gasteiger charge is 2.21. The third-order valence-corrected chi connectivity index (χ3v) is 4.28. The number of nitrogens with zero attached hydrogens (tertiary/aromatic N) is 1. The topological polar surface area (TPSA) is 15.3 Å². The maximum atomic E-state index is 6.10. The van der Waals surface area contributed by atoms with Crippen LogP contribution in [0, 0.1) is 0 Å². The fourth-order valence-electron chi connectivity index (χ4n) is 2.94. The molecule has 0 amide bonds. The summed E-state index contributed by atoms with van der Waals surface area (Å²) in [5.74, 6) is 0. The summed E-state index contributed by atoms with van der Waals surface area (Å²) in [6, 6.07) is 9.27. The van der Waals surface area contributed by atoms with E-state index in [1.54, 1.807) is 0 Å². The van der Waals surface area contributed by atoms with E-state index < -0.39 is 0 Å². The summed E-state index contributed by atoms with van der Waals surface area (Å²) in [4.78, 5) is 2.53. The van der Waals surface area contributed by atoms with E-state index in [2.05, 4.69) is 36.2 Å². The van der Waals surface area contributed by atoms with Crippen molar-refractivity contribution in [2.24, 2.45) is 0 Å². The molecule has 0 spiro atoms. The summed E-state index contributed by atoms with van der Waals surface area (Å²) in [6.45, 7) is 8.07. The molecule has 2 nitrogen and oxygen atoms in total. The minimum atomic E-state index is 0.417. The highest BCUT2D eigenvalue weighted by molar-refractivity contribution is 6.30. The van der Waals surface area contributed by atoms with Crippen molar-refractivity contribution in [3.05, 3.63) is 34.9 Å². The lowest BCUT2D eigenvalue weighted by molar-refractivity contribution is 0.189. The number of nitrogens with one attached hydrogen (secondary N) is 1. The first kappa shape index (κ1) is 14.8. The normalized spacial score (nSPS) is 22.4. The Morgan fingerprint density at radius 1 is 1.42 bits per heavy atom. The number of halogens is 1. The van der Waals surface area contributed by atoms with Crippen LogP contribution in [-0.4, -0.2) is 30.6 Å². The van der Waals surface area contributed by atoms with E-state index in [1.165, 1.54) is 31.5 Å². The molecule has 0 bridgehead atoms. The molecule has 2 atom stereocenters.